The lowest BCUT2D eigenvalue weighted by Crippen LogP contribution is -2.14. The van der Waals surface area contributed by atoms with E-state index in [1.165, 1.54) is 0 Å². The van der Waals surface area contributed by atoms with Gasteiger partial charge in [-0.2, -0.15) is 5.26 Å². The predicted molar refractivity (Wildman–Crippen MR) is 169 cm³/mol. The number of benzene rings is 4. The van der Waals surface area contributed by atoms with E-state index in [1.54, 1.807) is 0 Å². The number of nitriles is 1. The van der Waals surface area contributed by atoms with E-state index in [4.69, 9.17) is 4.98 Å². The Morgan fingerprint density at radius 1 is 0.951 bits per heavy atom. The average Bonchev–Trinajstić information content (AvgIpc) is 3.36. The van der Waals surface area contributed by atoms with E-state index >= 15 is 0 Å². The highest BCUT2D eigenvalue weighted by atomic mass is 16.1. The summed E-state index contributed by atoms with van der Waals surface area (Å²) < 4.78 is 2.22. The zero-order chi connectivity index (χ0) is 29.4. The molecule has 0 saturated heterocycles. The fourth-order valence-electron chi connectivity index (χ4n) is 4.97. The van der Waals surface area contributed by atoms with Gasteiger partial charge in [0, 0.05) is 25.6 Å². The van der Waals surface area contributed by atoms with Gasteiger partial charge in [0.05, 0.1) is 34.0 Å². The van der Waals surface area contributed by atoms with Gasteiger partial charge in [0.1, 0.15) is 5.82 Å². The molecule has 0 aliphatic carbocycles. The number of aryl methyl sites for hydroxylation is 2. The fourth-order valence-corrected chi connectivity index (χ4v) is 4.97. The van der Waals surface area contributed by atoms with Crippen LogP contribution in [0.15, 0.2) is 84.9 Å². The monoisotopic (exact) mass is 543 g/mol. The maximum atomic E-state index is 13.3. The van der Waals surface area contributed by atoms with Crippen LogP contribution in [0.5, 0.6) is 0 Å². The Bertz CT molecular complexity index is 1690. The van der Waals surface area contributed by atoms with Gasteiger partial charge in [-0.15, -0.1) is 0 Å². The van der Waals surface area contributed by atoms with E-state index in [0.29, 0.717) is 17.7 Å². The minimum absolute atomic E-state index is 0.159. The lowest BCUT2D eigenvalue weighted by Gasteiger charge is -2.13. The Kier molecular flexibility index (Phi) is 9.55. The summed E-state index contributed by atoms with van der Waals surface area (Å²) in [5.74, 6) is 0.848. The number of carbonyl (C=O) groups is 1. The van der Waals surface area contributed by atoms with Gasteiger partial charge < -0.3 is 15.2 Å². The number of nitrogens with one attached hydrogen (secondary N) is 2. The van der Waals surface area contributed by atoms with Crippen molar-refractivity contribution >= 4 is 28.3 Å². The Morgan fingerprint density at radius 3 is 2.32 bits per heavy atom. The highest BCUT2D eigenvalue weighted by Gasteiger charge is 2.17. The van der Waals surface area contributed by atoms with Crippen LogP contribution >= 0.6 is 0 Å². The molecule has 0 aliphatic heterocycles. The van der Waals surface area contributed by atoms with Gasteiger partial charge in [-0.3, -0.25) is 4.79 Å². The van der Waals surface area contributed by atoms with Crippen molar-refractivity contribution in [3.63, 3.8) is 0 Å². The molecule has 6 nitrogen and oxygen atoms in total. The second kappa shape index (κ2) is 13.5. The smallest absolute Gasteiger partial charge is 0.255 e. The van der Waals surface area contributed by atoms with Crippen molar-refractivity contribution in [2.24, 2.45) is 0 Å². The van der Waals surface area contributed by atoms with Crippen molar-refractivity contribution in [2.45, 2.75) is 47.1 Å². The topological polar surface area (TPSA) is 82.7 Å². The summed E-state index contributed by atoms with van der Waals surface area (Å²) in [6.45, 7) is 8.80. The van der Waals surface area contributed by atoms with Gasteiger partial charge in [-0.25, -0.2) is 4.98 Å². The highest BCUT2D eigenvalue weighted by molar-refractivity contribution is 6.07. The van der Waals surface area contributed by atoms with Crippen molar-refractivity contribution in [2.75, 3.05) is 17.7 Å². The third-order valence-electron chi connectivity index (χ3n) is 6.96. The number of rotatable bonds is 8. The molecule has 0 unspecified atom stereocenters. The molecule has 0 fully saturated rings. The van der Waals surface area contributed by atoms with Crippen LogP contribution in [0.1, 0.15) is 60.1 Å². The minimum Gasteiger partial charge on any atom is -0.386 e. The zero-order valence-electron chi connectivity index (χ0n) is 24.5. The number of hydrogen-bond donors (Lipinski definition) is 2. The third kappa shape index (κ3) is 6.31. The molecule has 0 spiro atoms. The normalized spacial score (nSPS) is 10.4. The Labute approximate surface area is 242 Å². The third-order valence-corrected chi connectivity index (χ3v) is 6.96. The van der Waals surface area contributed by atoms with Crippen molar-refractivity contribution in [1.29, 1.82) is 5.26 Å². The average molecular weight is 544 g/mol. The summed E-state index contributed by atoms with van der Waals surface area (Å²) in [4.78, 5) is 18.3. The molecule has 5 aromatic rings. The van der Waals surface area contributed by atoms with Gasteiger partial charge in [0.25, 0.3) is 5.91 Å². The van der Waals surface area contributed by atoms with Crippen molar-refractivity contribution in [3.05, 3.63) is 113 Å². The first-order valence-corrected chi connectivity index (χ1v) is 14.2. The maximum Gasteiger partial charge on any atom is 0.255 e. The molecule has 1 aromatic heterocycles. The van der Waals surface area contributed by atoms with Crippen LogP contribution in [0.2, 0.25) is 0 Å². The fraction of sp³-hybridized carbons (Fsp3) is 0.229. The summed E-state index contributed by atoms with van der Waals surface area (Å²) >= 11 is 0. The number of carbonyl (C=O) groups excluding carboxylic acids is 1. The van der Waals surface area contributed by atoms with Gasteiger partial charge in [0.15, 0.2) is 0 Å². The van der Waals surface area contributed by atoms with Crippen LogP contribution in [-0.2, 0) is 13.0 Å². The molecule has 41 heavy (non-hydrogen) atoms. The van der Waals surface area contributed by atoms with Crippen LogP contribution in [0, 0.1) is 18.3 Å². The molecule has 0 bridgehead atoms. The number of aromatic nitrogens is 2. The standard InChI is InChI=1S/C33H31N5O.C2H6/c1-4-9-31-37-32-22(2)18-26(33(39)36-29-13-8-7-12-28(29)35-3)19-30(32)38(31)21-23-14-16-24(17-15-23)27-11-6-5-10-25(27)20-34;1-2/h5-8,10-19,35H,4,9,21H2,1-3H3,(H,36,39);1-2H3. The molecule has 1 heterocycles. The largest absolute Gasteiger partial charge is 0.386 e. The van der Waals surface area contributed by atoms with Gasteiger partial charge in [0.2, 0.25) is 0 Å². The molecule has 208 valence electrons. The summed E-state index contributed by atoms with van der Waals surface area (Å²) in [6.07, 6.45) is 1.82. The summed E-state index contributed by atoms with van der Waals surface area (Å²) in [7, 11) is 1.84. The van der Waals surface area contributed by atoms with Crippen molar-refractivity contribution in [1.82, 2.24) is 9.55 Å². The van der Waals surface area contributed by atoms with Gasteiger partial charge in [-0.1, -0.05) is 75.4 Å². The Balaban J connectivity index is 0.00000189. The number of fused-ring (bicyclic) bond motifs is 1. The molecule has 1 amide bonds. The number of amides is 1. The van der Waals surface area contributed by atoms with E-state index in [1.807, 2.05) is 88.5 Å². The molecule has 5 rings (SSSR count). The Morgan fingerprint density at radius 2 is 1.63 bits per heavy atom. The zero-order valence-corrected chi connectivity index (χ0v) is 24.5. The first-order valence-electron chi connectivity index (χ1n) is 14.2. The highest BCUT2D eigenvalue weighted by Crippen LogP contribution is 2.28. The number of hydrogen-bond acceptors (Lipinski definition) is 4. The number of para-hydroxylation sites is 2. The second-order valence-corrected chi connectivity index (χ2v) is 9.63. The quantitative estimate of drug-likeness (QED) is 0.207. The van der Waals surface area contributed by atoms with E-state index < -0.39 is 0 Å². The van der Waals surface area contributed by atoms with Gasteiger partial charge in [-0.05, 0) is 65.9 Å². The van der Waals surface area contributed by atoms with Crippen molar-refractivity contribution < 1.29 is 4.79 Å². The minimum atomic E-state index is -0.159. The summed E-state index contributed by atoms with van der Waals surface area (Å²) in [6, 6.07) is 29.8. The molecular weight excluding hydrogens is 506 g/mol. The number of nitrogens with zero attached hydrogens (tertiary/aromatic N) is 3. The molecule has 2 N–H and O–H groups in total. The van der Waals surface area contributed by atoms with Crippen molar-refractivity contribution in [3.8, 4) is 17.2 Å². The van der Waals surface area contributed by atoms with Gasteiger partial charge >= 0.3 is 0 Å². The first kappa shape index (κ1) is 29.1. The van der Waals surface area contributed by atoms with Crippen LogP contribution in [0.4, 0.5) is 11.4 Å². The predicted octanol–water partition coefficient (Wildman–Crippen LogP) is 8.20. The number of anilines is 2. The van der Waals surface area contributed by atoms with Crippen LogP contribution in [0.25, 0.3) is 22.2 Å². The van der Waals surface area contributed by atoms with Crippen LogP contribution < -0.4 is 10.6 Å². The summed E-state index contributed by atoms with van der Waals surface area (Å²) in [5.41, 5.74) is 8.76. The summed E-state index contributed by atoms with van der Waals surface area (Å²) in [5, 5.41) is 15.7. The van der Waals surface area contributed by atoms with E-state index in [-0.39, 0.29) is 5.91 Å². The molecule has 6 heteroatoms. The first-order chi connectivity index (χ1) is 20.0. The van der Waals surface area contributed by atoms with E-state index in [2.05, 4.69) is 52.5 Å². The molecule has 0 atom stereocenters. The molecule has 0 saturated carbocycles. The number of imidazole rings is 1. The van der Waals surface area contributed by atoms with Crippen LogP contribution in [0.3, 0.4) is 0 Å². The molecular formula is C35H37N5O. The SMILES string of the molecule is CC.CCCc1nc2c(C)cc(C(=O)Nc3ccccc3NC)cc2n1Cc1ccc(-c2ccccc2C#N)cc1. The van der Waals surface area contributed by atoms with Crippen LogP contribution in [-0.4, -0.2) is 22.5 Å². The molecule has 0 radical (unpaired) electrons. The van der Waals surface area contributed by atoms with E-state index in [0.717, 1.165) is 63.3 Å². The Hall–Kier alpha value is -4.89. The lowest BCUT2D eigenvalue weighted by atomic mass is 9.99. The van der Waals surface area contributed by atoms with E-state index in [9.17, 15) is 10.1 Å². The molecule has 4 aromatic carbocycles. The lowest BCUT2D eigenvalue weighted by molar-refractivity contribution is 0.102. The molecule has 0 aliphatic rings. The second-order valence-electron chi connectivity index (χ2n) is 9.63. The maximum absolute atomic E-state index is 13.3.